The lowest BCUT2D eigenvalue weighted by molar-refractivity contribution is -0.0278. The minimum atomic E-state index is -1.26. The van der Waals surface area contributed by atoms with Crippen molar-refractivity contribution in [2.24, 2.45) is 5.92 Å². The molecule has 0 aromatic rings. The summed E-state index contributed by atoms with van der Waals surface area (Å²) in [5.74, 6) is 0.0542. The Hall–Kier alpha value is -1.50. The number of carbonyl (C=O) groups excluding carboxylic acids is 2. The van der Waals surface area contributed by atoms with E-state index in [0.29, 0.717) is 13.2 Å². The Morgan fingerprint density at radius 1 is 1.21 bits per heavy atom. The summed E-state index contributed by atoms with van der Waals surface area (Å²) >= 11 is 0. The number of nitrogens with zero attached hydrogens (tertiary/aromatic N) is 2. The quantitative estimate of drug-likeness (QED) is 0.485. The second-order valence-electron chi connectivity index (χ2n) is 10.3. The van der Waals surface area contributed by atoms with Gasteiger partial charge in [0.15, 0.2) is 0 Å². The molecular formula is C21H38N2O4Si. The van der Waals surface area contributed by atoms with Crippen molar-refractivity contribution >= 4 is 20.3 Å². The average Bonchev–Trinajstić information content (AvgIpc) is 2.85. The van der Waals surface area contributed by atoms with Gasteiger partial charge in [-0.1, -0.05) is 32.6 Å². The summed E-state index contributed by atoms with van der Waals surface area (Å²) in [4.78, 5) is 29.4. The molecule has 0 aliphatic carbocycles. The Kier molecular flexibility index (Phi) is 6.89. The molecule has 0 spiro atoms. The van der Waals surface area contributed by atoms with Crippen molar-refractivity contribution in [3.05, 3.63) is 12.7 Å². The molecule has 0 saturated carbocycles. The summed E-state index contributed by atoms with van der Waals surface area (Å²) in [6, 6.07) is 0.734. The molecule has 0 aromatic heterocycles. The second-order valence-corrected chi connectivity index (χ2v) is 16.0. The maximum Gasteiger partial charge on any atom is 0.410 e. The molecule has 2 heterocycles. The number of fused-ring (bicyclic) bond motifs is 2. The number of hydrogen-bond donors (Lipinski definition) is 0. The maximum absolute atomic E-state index is 12.9. The van der Waals surface area contributed by atoms with Crippen molar-refractivity contribution in [1.82, 2.24) is 9.80 Å². The minimum Gasteiger partial charge on any atom is -0.450 e. The third-order valence-electron chi connectivity index (χ3n) is 5.53. The van der Waals surface area contributed by atoms with Crippen LogP contribution in [0.1, 0.15) is 40.5 Å². The fraction of sp³-hybridized carbons (Fsp3) is 0.810. The molecule has 160 valence electrons. The third kappa shape index (κ3) is 5.52. The predicted octanol–water partition coefficient (Wildman–Crippen LogP) is 4.74. The number of hydrogen-bond acceptors (Lipinski definition) is 4. The molecule has 0 unspecified atom stereocenters. The van der Waals surface area contributed by atoms with E-state index >= 15 is 0 Å². The highest BCUT2D eigenvalue weighted by molar-refractivity contribution is 6.76. The first kappa shape index (κ1) is 22.8. The predicted molar refractivity (Wildman–Crippen MR) is 114 cm³/mol. The SMILES string of the molecule is C=C[C@@H](C)[C@H]1[C@@H]2CC[C@H](CN1C(=O)OCC[Si](C)(C)C)N2C(=O)OC(C)(C)C. The molecule has 0 aromatic carbocycles. The van der Waals surface area contributed by atoms with Crippen LogP contribution >= 0.6 is 0 Å². The normalized spacial score (nSPS) is 26.0. The zero-order valence-electron chi connectivity index (χ0n) is 18.7. The summed E-state index contributed by atoms with van der Waals surface area (Å²) in [6.45, 7) is 19.4. The lowest BCUT2D eigenvalue weighted by Gasteiger charge is -2.48. The van der Waals surface area contributed by atoms with Gasteiger partial charge in [0.2, 0.25) is 0 Å². The standard InChI is InChI=1S/C21H38N2O4Si/c1-9-15(2)18-17-11-10-16(23(17)20(25)27-21(3,4)5)14-22(18)19(24)26-12-13-28(6,7)8/h9,15-18H,1,10-14H2,2-8H3/t15-,16-,17+,18+/m1/s1. The zero-order valence-corrected chi connectivity index (χ0v) is 19.7. The first-order valence-electron chi connectivity index (χ1n) is 10.4. The van der Waals surface area contributed by atoms with Crippen LogP contribution in [0.5, 0.6) is 0 Å². The fourth-order valence-electron chi connectivity index (χ4n) is 4.08. The van der Waals surface area contributed by atoms with Crippen LogP contribution in [-0.4, -0.2) is 66.9 Å². The Balaban J connectivity index is 2.16. The molecule has 4 atom stereocenters. The van der Waals surface area contributed by atoms with E-state index in [4.69, 9.17) is 9.47 Å². The third-order valence-corrected chi connectivity index (χ3v) is 7.24. The summed E-state index contributed by atoms with van der Waals surface area (Å²) in [6.07, 6.45) is 3.05. The summed E-state index contributed by atoms with van der Waals surface area (Å²) in [5, 5.41) is 0. The van der Waals surface area contributed by atoms with Crippen molar-refractivity contribution in [3.8, 4) is 0 Å². The van der Waals surface area contributed by atoms with Gasteiger partial charge in [-0.3, -0.25) is 4.90 Å². The van der Waals surface area contributed by atoms with Gasteiger partial charge in [-0.2, -0.15) is 0 Å². The minimum absolute atomic E-state index is 0.0161. The molecule has 2 bridgehead atoms. The molecule has 0 N–H and O–H groups in total. The lowest BCUT2D eigenvalue weighted by Crippen LogP contribution is -2.64. The highest BCUT2D eigenvalue weighted by Gasteiger charge is 2.52. The number of likely N-dealkylation sites (tertiary alicyclic amines) is 1. The first-order chi connectivity index (χ1) is 12.8. The van der Waals surface area contributed by atoms with Crippen LogP contribution in [0.3, 0.4) is 0 Å². The number of carbonyl (C=O) groups is 2. The van der Waals surface area contributed by atoms with E-state index in [1.165, 1.54) is 0 Å². The van der Waals surface area contributed by atoms with E-state index in [-0.39, 0.29) is 36.2 Å². The van der Waals surface area contributed by atoms with Crippen LogP contribution in [0.4, 0.5) is 9.59 Å². The average molecular weight is 411 g/mol. The number of piperazine rings is 1. The van der Waals surface area contributed by atoms with Gasteiger partial charge < -0.3 is 14.4 Å². The van der Waals surface area contributed by atoms with Gasteiger partial charge >= 0.3 is 12.2 Å². The second kappa shape index (κ2) is 8.47. The van der Waals surface area contributed by atoms with E-state index < -0.39 is 13.7 Å². The molecule has 2 rings (SSSR count). The molecule has 2 aliphatic rings. The zero-order chi connectivity index (χ0) is 21.3. The Labute approximate surface area is 171 Å². The smallest absolute Gasteiger partial charge is 0.410 e. The van der Waals surface area contributed by atoms with Crippen LogP contribution < -0.4 is 0 Å². The van der Waals surface area contributed by atoms with E-state index in [1.807, 2.05) is 43.6 Å². The highest BCUT2D eigenvalue weighted by Crippen LogP contribution is 2.38. The maximum atomic E-state index is 12.9. The van der Waals surface area contributed by atoms with E-state index in [0.717, 1.165) is 18.9 Å². The molecular weight excluding hydrogens is 372 g/mol. The Bertz CT molecular complexity index is 596. The fourth-order valence-corrected chi connectivity index (χ4v) is 4.79. The van der Waals surface area contributed by atoms with Crippen LogP contribution in [0.25, 0.3) is 0 Å². The summed E-state index contributed by atoms with van der Waals surface area (Å²) < 4.78 is 11.3. The van der Waals surface area contributed by atoms with E-state index in [9.17, 15) is 9.59 Å². The van der Waals surface area contributed by atoms with Crippen molar-refractivity contribution in [3.63, 3.8) is 0 Å². The van der Waals surface area contributed by atoms with E-state index in [2.05, 4.69) is 26.2 Å². The monoisotopic (exact) mass is 410 g/mol. The topological polar surface area (TPSA) is 59.1 Å². The lowest BCUT2D eigenvalue weighted by atomic mass is 9.91. The summed E-state index contributed by atoms with van der Waals surface area (Å²) in [5.41, 5.74) is -0.539. The molecule has 2 amide bonds. The van der Waals surface area contributed by atoms with Crippen molar-refractivity contribution in [2.75, 3.05) is 13.2 Å². The molecule has 0 radical (unpaired) electrons. The van der Waals surface area contributed by atoms with Gasteiger partial charge in [-0.15, -0.1) is 6.58 Å². The van der Waals surface area contributed by atoms with Crippen LogP contribution in [0, 0.1) is 5.92 Å². The first-order valence-corrected chi connectivity index (χ1v) is 14.1. The highest BCUT2D eigenvalue weighted by atomic mass is 28.3. The van der Waals surface area contributed by atoms with Crippen molar-refractivity contribution in [2.45, 2.75) is 89.9 Å². The number of rotatable bonds is 5. The van der Waals surface area contributed by atoms with Crippen LogP contribution in [0.15, 0.2) is 12.7 Å². The van der Waals surface area contributed by atoms with Gasteiger partial charge in [0.1, 0.15) is 5.60 Å². The van der Waals surface area contributed by atoms with Crippen molar-refractivity contribution in [1.29, 1.82) is 0 Å². The molecule has 2 saturated heterocycles. The number of amides is 2. The molecule has 2 fully saturated rings. The molecule has 28 heavy (non-hydrogen) atoms. The molecule has 7 heteroatoms. The van der Waals surface area contributed by atoms with Gasteiger partial charge in [0.05, 0.1) is 24.7 Å². The van der Waals surface area contributed by atoms with E-state index in [1.54, 1.807) is 0 Å². The van der Waals surface area contributed by atoms with Gasteiger partial charge in [0.25, 0.3) is 0 Å². The van der Waals surface area contributed by atoms with Gasteiger partial charge in [0, 0.05) is 14.6 Å². The van der Waals surface area contributed by atoms with Gasteiger partial charge in [-0.05, 0) is 45.6 Å². The number of ether oxygens (including phenoxy) is 2. The van der Waals surface area contributed by atoms with Gasteiger partial charge in [-0.25, -0.2) is 9.59 Å². The van der Waals surface area contributed by atoms with Crippen LogP contribution in [0.2, 0.25) is 25.7 Å². The molecule has 2 aliphatic heterocycles. The largest absolute Gasteiger partial charge is 0.450 e. The summed E-state index contributed by atoms with van der Waals surface area (Å²) in [7, 11) is -1.26. The Morgan fingerprint density at radius 2 is 1.86 bits per heavy atom. The Morgan fingerprint density at radius 3 is 2.39 bits per heavy atom. The molecule has 6 nitrogen and oxygen atoms in total. The van der Waals surface area contributed by atoms with Crippen molar-refractivity contribution < 1.29 is 19.1 Å². The van der Waals surface area contributed by atoms with Crippen LogP contribution in [-0.2, 0) is 9.47 Å².